The van der Waals surface area contributed by atoms with Crippen LogP contribution in [-0.2, 0) is 6.54 Å². The van der Waals surface area contributed by atoms with E-state index in [0.29, 0.717) is 6.54 Å². The Bertz CT molecular complexity index is 1810. The van der Waals surface area contributed by atoms with E-state index in [4.69, 9.17) is 14.5 Å². The third-order valence-corrected chi connectivity index (χ3v) is 9.48. The second-order valence-corrected chi connectivity index (χ2v) is 14.8. The molecule has 4 aromatic rings. The molecular weight excluding hydrogens is 612 g/mol. The fraction of sp³-hybridized carbons (Fsp3) is 0.425. The van der Waals surface area contributed by atoms with Gasteiger partial charge in [-0.2, -0.15) is 0 Å². The van der Waals surface area contributed by atoms with Gasteiger partial charge in [-0.15, -0.1) is 0 Å². The van der Waals surface area contributed by atoms with E-state index >= 15 is 0 Å². The van der Waals surface area contributed by atoms with Gasteiger partial charge in [-0.3, -0.25) is 9.69 Å². The minimum absolute atomic E-state index is 0.112. The monoisotopic (exact) mass is 660 g/mol. The van der Waals surface area contributed by atoms with Crippen LogP contribution in [0.25, 0.3) is 22.5 Å². The van der Waals surface area contributed by atoms with Gasteiger partial charge in [0.15, 0.2) is 23.1 Å². The lowest BCUT2D eigenvalue weighted by Crippen LogP contribution is -2.40. The molecule has 0 aliphatic carbocycles. The van der Waals surface area contributed by atoms with Crippen LogP contribution in [0.3, 0.4) is 0 Å². The molecule has 2 aromatic carbocycles. The number of fused-ring (bicyclic) bond motifs is 2. The maximum atomic E-state index is 12.6. The Hall–Kier alpha value is -4.63. The number of amides is 1. The number of carbonyl (C=O) groups is 1. The van der Waals surface area contributed by atoms with Gasteiger partial charge in [0.25, 0.3) is 5.91 Å². The molecule has 2 N–H and O–H groups in total. The third-order valence-electron chi connectivity index (χ3n) is 9.48. The highest BCUT2D eigenvalue weighted by Gasteiger charge is 2.28. The van der Waals surface area contributed by atoms with Crippen LogP contribution in [0.4, 0.5) is 11.6 Å². The molecule has 8 rings (SSSR count). The molecule has 2 saturated heterocycles. The fourth-order valence-electron chi connectivity index (χ4n) is 6.84. The predicted octanol–water partition coefficient (Wildman–Crippen LogP) is 7.49. The summed E-state index contributed by atoms with van der Waals surface area (Å²) in [6.07, 6.45) is 4.85. The maximum absolute atomic E-state index is 12.6. The number of pyridine rings is 2. The highest BCUT2D eigenvalue weighted by atomic mass is 16.5. The lowest BCUT2D eigenvalue weighted by Gasteiger charge is -2.32. The zero-order valence-corrected chi connectivity index (χ0v) is 29.2. The number of rotatable bonds is 5. The smallest absolute Gasteiger partial charge is 0.253 e. The minimum Gasteiger partial charge on any atom is -0.482 e. The van der Waals surface area contributed by atoms with E-state index in [0.717, 1.165) is 84.7 Å². The van der Waals surface area contributed by atoms with Gasteiger partial charge < -0.3 is 25.0 Å². The van der Waals surface area contributed by atoms with E-state index in [1.54, 1.807) is 0 Å². The molecule has 49 heavy (non-hydrogen) atoms. The Morgan fingerprint density at radius 1 is 0.694 bits per heavy atom. The molecule has 0 bridgehead atoms. The van der Waals surface area contributed by atoms with Crippen LogP contribution in [-0.4, -0.2) is 76.1 Å². The van der Waals surface area contributed by atoms with Crippen molar-refractivity contribution in [1.29, 1.82) is 0 Å². The molecule has 2 fully saturated rings. The zero-order chi connectivity index (χ0) is 34.0. The molecule has 0 unspecified atom stereocenters. The van der Waals surface area contributed by atoms with Gasteiger partial charge in [0.1, 0.15) is 11.2 Å². The van der Waals surface area contributed by atoms with Crippen molar-refractivity contribution in [3.8, 4) is 34.0 Å². The number of anilines is 2. The molecule has 1 amide bonds. The lowest BCUT2D eigenvalue weighted by atomic mass is 10.1. The van der Waals surface area contributed by atoms with Crippen LogP contribution in [0.1, 0.15) is 69.3 Å². The third kappa shape index (κ3) is 7.83. The number of benzene rings is 2. The summed E-state index contributed by atoms with van der Waals surface area (Å²) in [5, 5.41) is 6.73. The first kappa shape index (κ1) is 32.9. The van der Waals surface area contributed by atoms with E-state index < -0.39 is 0 Å². The quantitative estimate of drug-likeness (QED) is 0.228. The molecule has 0 spiro atoms. The van der Waals surface area contributed by atoms with E-state index in [2.05, 4.69) is 64.7 Å². The van der Waals surface area contributed by atoms with Gasteiger partial charge in [-0.25, -0.2) is 9.97 Å². The molecule has 0 atom stereocenters. The second-order valence-electron chi connectivity index (χ2n) is 14.8. The number of nitrogens with one attached hydrogen (secondary N) is 2. The zero-order valence-electron chi connectivity index (χ0n) is 29.2. The number of nitrogens with zero attached hydrogens (tertiary/aromatic N) is 4. The highest BCUT2D eigenvalue weighted by molar-refractivity contribution is 5.95. The average Bonchev–Trinajstić information content (AvgIpc) is 3.83. The molecular formula is C40H48N6O3. The largest absolute Gasteiger partial charge is 0.482 e. The van der Waals surface area contributed by atoms with Crippen LogP contribution in [0.2, 0.25) is 0 Å². The van der Waals surface area contributed by atoms with Crippen molar-refractivity contribution in [2.24, 2.45) is 0 Å². The maximum Gasteiger partial charge on any atom is 0.253 e. The Kier molecular flexibility index (Phi) is 9.20. The van der Waals surface area contributed by atoms with Crippen LogP contribution in [0.15, 0.2) is 72.8 Å². The molecule has 9 nitrogen and oxygen atoms in total. The van der Waals surface area contributed by atoms with E-state index in [1.807, 2.05) is 61.2 Å². The van der Waals surface area contributed by atoms with E-state index in [9.17, 15) is 4.79 Å². The number of ether oxygens (including phenoxy) is 2. The Morgan fingerprint density at radius 2 is 1.22 bits per heavy atom. The van der Waals surface area contributed by atoms with Crippen molar-refractivity contribution < 1.29 is 14.3 Å². The lowest BCUT2D eigenvalue weighted by molar-refractivity contribution is 0.0792. The SMILES string of the molecule is CC1(C)CNc2nc(-c3cccc(C(=O)N4CCCC4)c3)ccc2O1.CC1(C)CNc2nc(-c3cccc(CN4CCCC4)c3)ccc2O1. The summed E-state index contributed by atoms with van der Waals surface area (Å²) in [5.74, 6) is 3.32. The molecule has 4 aliphatic rings. The summed E-state index contributed by atoms with van der Waals surface area (Å²) in [6.45, 7) is 14.9. The molecule has 0 saturated carbocycles. The minimum atomic E-state index is -0.238. The van der Waals surface area contributed by atoms with Crippen molar-refractivity contribution in [2.75, 3.05) is 49.9 Å². The number of hydrogen-bond acceptors (Lipinski definition) is 8. The number of carbonyl (C=O) groups excluding carboxylic acids is 1. The van der Waals surface area contributed by atoms with E-state index in [-0.39, 0.29) is 17.1 Å². The summed E-state index contributed by atoms with van der Waals surface area (Å²) >= 11 is 0. The van der Waals surface area contributed by atoms with Gasteiger partial charge in [-0.05, 0) is 114 Å². The van der Waals surface area contributed by atoms with Crippen molar-refractivity contribution in [2.45, 2.75) is 71.1 Å². The Labute approximate surface area is 290 Å². The molecule has 0 radical (unpaired) electrons. The molecule has 256 valence electrons. The normalized spacial score (nSPS) is 18.8. The van der Waals surface area contributed by atoms with Crippen LogP contribution >= 0.6 is 0 Å². The molecule has 6 heterocycles. The van der Waals surface area contributed by atoms with E-state index in [1.165, 1.54) is 37.1 Å². The predicted molar refractivity (Wildman–Crippen MR) is 195 cm³/mol. The van der Waals surface area contributed by atoms with Crippen molar-refractivity contribution in [3.05, 3.63) is 83.9 Å². The van der Waals surface area contributed by atoms with Crippen LogP contribution in [0, 0.1) is 0 Å². The second kappa shape index (κ2) is 13.7. The van der Waals surface area contributed by atoms with Gasteiger partial charge in [-0.1, -0.05) is 30.3 Å². The molecule has 9 heteroatoms. The average molecular weight is 661 g/mol. The Balaban J connectivity index is 0.000000154. The van der Waals surface area contributed by atoms with Gasteiger partial charge in [0.05, 0.1) is 24.5 Å². The summed E-state index contributed by atoms with van der Waals surface area (Å²) in [4.78, 5) is 26.5. The molecule has 2 aromatic heterocycles. The van der Waals surface area contributed by atoms with Gasteiger partial charge >= 0.3 is 0 Å². The summed E-state index contributed by atoms with van der Waals surface area (Å²) in [5.41, 5.74) is 5.60. The first-order chi connectivity index (χ1) is 23.6. The van der Waals surface area contributed by atoms with Crippen molar-refractivity contribution >= 4 is 17.5 Å². The molecule has 4 aliphatic heterocycles. The number of aromatic nitrogens is 2. The summed E-state index contributed by atoms with van der Waals surface area (Å²) < 4.78 is 11.9. The van der Waals surface area contributed by atoms with Gasteiger partial charge in [0.2, 0.25) is 0 Å². The Morgan fingerprint density at radius 3 is 1.82 bits per heavy atom. The highest BCUT2D eigenvalue weighted by Crippen LogP contribution is 2.35. The fourth-order valence-corrected chi connectivity index (χ4v) is 6.84. The standard InChI is InChI=1S/C20H23N3O2.C20H25N3O/c1-20(2)13-21-18-17(25-20)9-8-16(22-18)14-6-5-7-15(12-14)19(24)23-10-3-4-11-23;1-20(2)14-21-19-18(24-20)9-8-17(22-19)16-7-5-6-15(12-16)13-23-10-3-4-11-23/h5-9,12H,3-4,10-11,13H2,1-2H3,(H,21,22);5-9,12H,3-4,10-11,13-14H2,1-2H3,(H,21,22). The summed E-state index contributed by atoms with van der Waals surface area (Å²) in [7, 11) is 0. The van der Waals surface area contributed by atoms with Crippen LogP contribution < -0.4 is 20.1 Å². The summed E-state index contributed by atoms with van der Waals surface area (Å²) in [6, 6.07) is 24.4. The first-order valence-corrected chi connectivity index (χ1v) is 17.7. The van der Waals surface area contributed by atoms with Crippen LogP contribution in [0.5, 0.6) is 11.5 Å². The van der Waals surface area contributed by atoms with Crippen molar-refractivity contribution in [3.63, 3.8) is 0 Å². The van der Waals surface area contributed by atoms with Crippen molar-refractivity contribution in [1.82, 2.24) is 19.8 Å². The first-order valence-electron chi connectivity index (χ1n) is 17.7. The van der Waals surface area contributed by atoms with Gasteiger partial charge in [0, 0.05) is 36.3 Å². The number of likely N-dealkylation sites (tertiary alicyclic amines) is 2. The topological polar surface area (TPSA) is 91.9 Å². The number of hydrogen-bond donors (Lipinski definition) is 2.